The molecule has 0 bridgehead atoms. The van der Waals surface area contributed by atoms with Crippen LogP contribution < -0.4 is 10.6 Å². The van der Waals surface area contributed by atoms with Gasteiger partial charge in [0.15, 0.2) is 5.96 Å². The van der Waals surface area contributed by atoms with Gasteiger partial charge in [0.2, 0.25) is 0 Å². The summed E-state index contributed by atoms with van der Waals surface area (Å²) >= 11 is 2.04. The zero-order valence-electron chi connectivity index (χ0n) is 14.1. The van der Waals surface area contributed by atoms with E-state index in [1.165, 1.54) is 0 Å². The zero-order chi connectivity index (χ0) is 15.7. The van der Waals surface area contributed by atoms with Crippen molar-refractivity contribution in [2.75, 3.05) is 39.1 Å². The fraction of sp³-hybridized carbons (Fsp3) is 0.688. The summed E-state index contributed by atoms with van der Waals surface area (Å²) in [4.78, 5) is 4.33. The molecule has 1 aliphatic rings. The topological polar surface area (TPSA) is 50.6 Å². The van der Waals surface area contributed by atoms with Gasteiger partial charge in [-0.25, -0.2) is 0 Å². The molecule has 0 saturated carbocycles. The van der Waals surface area contributed by atoms with Gasteiger partial charge in [-0.2, -0.15) is 11.8 Å². The lowest BCUT2D eigenvalue weighted by molar-refractivity contribution is 0.0782. The average molecular weight is 452 g/mol. The highest BCUT2D eigenvalue weighted by atomic mass is 127. The number of guanidine groups is 1. The van der Waals surface area contributed by atoms with Crippen LogP contribution in [-0.2, 0) is 11.3 Å². The van der Waals surface area contributed by atoms with Crippen LogP contribution in [0.5, 0.6) is 0 Å². The van der Waals surface area contributed by atoms with Gasteiger partial charge in [0.25, 0.3) is 0 Å². The van der Waals surface area contributed by atoms with Gasteiger partial charge in [0.1, 0.15) is 0 Å². The Balaban J connectivity index is 0.00000264. The Labute approximate surface area is 161 Å². The number of rotatable bonds is 7. The first-order valence-corrected chi connectivity index (χ1v) is 9.03. The SMILES string of the molecule is CCSC1(CNC(=NC)NCCn2cccc2)CCOCC1.I. The first-order chi connectivity index (χ1) is 10.8. The summed E-state index contributed by atoms with van der Waals surface area (Å²) in [5, 5.41) is 6.88. The molecule has 0 unspecified atom stereocenters. The number of hydrogen-bond acceptors (Lipinski definition) is 3. The van der Waals surface area contributed by atoms with Gasteiger partial charge in [-0.05, 0) is 30.7 Å². The number of aromatic nitrogens is 1. The molecule has 23 heavy (non-hydrogen) atoms. The maximum atomic E-state index is 5.52. The van der Waals surface area contributed by atoms with E-state index in [2.05, 4.69) is 39.5 Å². The van der Waals surface area contributed by atoms with E-state index in [4.69, 9.17) is 4.74 Å². The molecule has 2 N–H and O–H groups in total. The summed E-state index contributed by atoms with van der Waals surface area (Å²) in [6.45, 7) is 6.72. The lowest BCUT2D eigenvalue weighted by Crippen LogP contribution is -2.48. The molecule has 0 amide bonds. The highest BCUT2D eigenvalue weighted by molar-refractivity contribution is 14.0. The quantitative estimate of drug-likeness (QED) is 0.380. The Hall–Kier alpha value is -0.410. The number of hydrogen-bond donors (Lipinski definition) is 2. The molecule has 1 fully saturated rings. The van der Waals surface area contributed by atoms with E-state index in [0.29, 0.717) is 0 Å². The van der Waals surface area contributed by atoms with Crippen molar-refractivity contribution < 1.29 is 4.74 Å². The summed E-state index contributed by atoms with van der Waals surface area (Å²) in [5.74, 6) is 2.02. The van der Waals surface area contributed by atoms with E-state index in [1.54, 1.807) is 0 Å². The maximum absolute atomic E-state index is 5.52. The second-order valence-corrected chi connectivity index (χ2v) is 7.23. The van der Waals surface area contributed by atoms with Crippen LogP contribution in [0.25, 0.3) is 0 Å². The number of thioether (sulfide) groups is 1. The normalized spacial score (nSPS) is 17.4. The Morgan fingerprint density at radius 3 is 2.57 bits per heavy atom. The predicted octanol–water partition coefficient (Wildman–Crippen LogP) is 2.57. The third-order valence-corrected chi connectivity index (χ3v) is 5.44. The Morgan fingerprint density at radius 2 is 1.96 bits per heavy atom. The lowest BCUT2D eigenvalue weighted by atomic mass is 9.99. The van der Waals surface area contributed by atoms with Gasteiger partial charge in [0, 0.05) is 57.0 Å². The van der Waals surface area contributed by atoms with Crippen LogP contribution in [0.2, 0.25) is 0 Å². The van der Waals surface area contributed by atoms with Crippen molar-refractivity contribution in [3.8, 4) is 0 Å². The molecule has 7 heteroatoms. The van der Waals surface area contributed by atoms with Crippen molar-refractivity contribution in [3.63, 3.8) is 0 Å². The van der Waals surface area contributed by atoms with E-state index in [-0.39, 0.29) is 28.7 Å². The molecule has 1 aliphatic heterocycles. The van der Waals surface area contributed by atoms with Gasteiger partial charge in [-0.15, -0.1) is 24.0 Å². The molecule has 0 aromatic carbocycles. The van der Waals surface area contributed by atoms with Crippen molar-refractivity contribution in [3.05, 3.63) is 24.5 Å². The first-order valence-electron chi connectivity index (χ1n) is 8.05. The van der Waals surface area contributed by atoms with Crippen LogP contribution in [0.1, 0.15) is 19.8 Å². The van der Waals surface area contributed by atoms with Crippen LogP contribution in [0, 0.1) is 0 Å². The summed E-state index contributed by atoms with van der Waals surface area (Å²) in [5.41, 5.74) is 0. The van der Waals surface area contributed by atoms with Gasteiger partial charge in [-0.3, -0.25) is 4.99 Å². The van der Waals surface area contributed by atoms with Crippen molar-refractivity contribution in [2.45, 2.75) is 31.1 Å². The zero-order valence-corrected chi connectivity index (χ0v) is 17.2. The monoisotopic (exact) mass is 452 g/mol. The largest absolute Gasteiger partial charge is 0.381 e. The predicted molar refractivity (Wildman–Crippen MR) is 110 cm³/mol. The van der Waals surface area contributed by atoms with Crippen molar-refractivity contribution in [1.82, 2.24) is 15.2 Å². The van der Waals surface area contributed by atoms with Crippen molar-refractivity contribution in [1.29, 1.82) is 0 Å². The fourth-order valence-electron chi connectivity index (χ4n) is 2.71. The van der Waals surface area contributed by atoms with Gasteiger partial charge in [0.05, 0.1) is 0 Å². The first kappa shape index (κ1) is 20.6. The fourth-order valence-corrected chi connectivity index (χ4v) is 3.95. The summed E-state index contributed by atoms with van der Waals surface area (Å²) in [6.07, 6.45) is 6.37. The third kappa shape index (κ3) is 6.93. The average Bonchev–Trinajstić information content (AvgIpc) is 3.05. The van der Waals surface area contributed by atoms with Gasteiger partial charge in [-0.1, -0.05) is 6.92 Å². The molecular formula is C16H29IN4OS. The Bertz CT molecular complexity index is 441. The van der Waals surface area contributed by atoms with Crippen molar-refractivity contribution in [2.24, 2.45) is 4.99 Å². The number of nitrogens with zero attached hydrogens (tertiary/aromatic N) is 2. The van der Waals surface area contributed by atoms with E-state index in [0.717, 1.165) is 57.4 Å². The Kier molecular flexibility index (Phi) is 10.0. The lowest BCUT2D eigenvalue weighted by Gasteiger charge is -2.37. The molecular weight excluding hydrogens is 423 g/mol. The molecule has 132 valence electrons. The van der Waals surface area contributed by atoms with E-state index in [1.807, 2.05) is 30.9 Å². The minimum absolute atomic E-state index is 0. The highest BCUT2D eigenvalue weighted by Crippen LogP contribution is 2.34. The molecule has 1 aromatic rings. The molecule has 0 radical (unpaired) electrons. The van der Waals surface area contributed by atoms with Crippen LogP contribution >= 0.6 is 35.7 Å². The molecule has 2 heterocycles. The molecule has 5 nitrogen and oxygen atoms in total. The highest BCUT2D eigenvalue weighted by Gasteiger charge is 2.32. The third-order valence-electron chi connectivity index (χ3n) is 3.98. The molecule has 1 saturated heterocycles. The summed E-state index contributed by atoms with van der Waals surface area (Å²) in [6, 6.07) is 4.09. The van der Waals surface area contributed by atoms with E-state index < -0.39 is 0 Å². The van der Waals surface area contributed by atoms with Crippen LogP contribution in [0.4, 0.5) is 0 Å². The van der Waals surface area contributed by atoms with E-state index >= 15 is 0 Å². The maximum Gasteiger partial charge on any atom is 0.191 e. The minimum Gasteiger partial charge on any atom is -0.381 e. The van der Waals surface area contributed by atoms with Crippen LogP contribution in [0.3, 0.4) is 0 Å². The number of ether oxygens (including phenoxy) is 1. The molecule has 0 spiro atoms. The van der Waals surface area contributed by atoms with Crippen molar-refractivity contribution >= 4 is 41.7 Å². The molecule has 2 rings (SSSR count). The second-order valence-electron chi connectivity index (χ2n) is 5.50. The Morgan fingerprint density at radius 1 is 1.26 bits per heavy atom. The smallest absolute Gasteiger partial charge is 0.191 e. The molecule has 0 atom stereocenters. The van der Waals surface area contributed by atoms with Crippen LogP contribution in [0.15, 0.2) is 29.5 Å². The number of halogens is 1. The minimum atomic E-state index is 0. The standard InChI is InChI=1S/C16H28N4OS.HI/c1-3-22-16(6-12-21-13-7-16)14-19-15(17-2)18-8-11-20-9-4-5-10-20;/h4-5,9-10H,3,6-8,11-14H2,1-2H3,(H2,17,18,19);1H. The number of nitrogens with one attached hydrogen (secondary N) is 2. The van der Waals surface area contributed by atoms with Gasteiger partial charge >= 0.3 is 0 Å². The second kappa shape index (κ2) is 11.2. The molecule has 0 aliphatic carbocycles. The van der Waals surface area contributed by atoms with Crippen LogP contribution in [-0.4, -0.2) is 54.4 Å². The van der Waals surface area contributed by atoms with E-state index in [9.17, 15) is 0 Å². The summed E-state index contributed by atoms with van der Waals surface area (Å²) in [7, 11) is 1.83. The molecule has 1 aromatic heterocycles. The van der Waals surface area contributed by atoms with Gasteiger partial charge < -0.3 is 19.9 Å². The summed E-state index contributed by atoms with van der Waals surface area (Å²) < 4.78 is 7.96. The number of aliphatic imine (C=N–C) groups is 1.